The fourth-order valence-electron chi connectivity index (χ4n) is 5.80. The number of benzene rings is 1. The summed E-state index contributed by atoms with van der Waals surface area (Å²) in [5.41, 5.74) is 1.80. The number of carboxylic acids is 1. The molecular formula is C48H74N4O4. The van der Waals surface area contributed by atoms with Crippen molar-refractivity contribution in [3.63, 3.8) is 0 Å². The van der Waals surface area contributed by atoms with Gasteiger partial charge in [-0.25, -0.2) is 14.6 Å². The fraction of sp³-hybridized carbons (Fsp3) is 0.292. The maximum atomic E-state index is 13.7. The van der Waals surface area contributed by atoms with Crippen LogP contribution in [-0.2, 0) is 17.9 Å². The standard InChI is InChI=1S/C28H34N4O4.10C2H4/c33-23(34)16-13-19-11-14-22(15-12-19)25-29-24-26(30-25)31(17-20-7-3-1-4-8-20)28(36)32(27(24)35)18-21-9-5-2-6-10-21;10*1-2/h11-16,20-21H,1-10,17-18H2,(H,29,30)(H,33,34);10*1-2H2. The van der Waals surface area contributed by atoms with Gasteiger partial charge in [-0.2, -0.15) is 0 Å². The summed E-state index contributed by atoms with van der Waals surface area (Å²) in [5.74, 6) is 0.305. The molecule has 2 aliphatic carbocycles. The molecule has 0 saturated heterocycles. The summed E-state index contributed by atoms with van der Waals surface area (Å²) in [6.07, 6.45) is 14.1. The van der Waals surface area contributed by atoms with Crippen molar-refractivity contribution in [1.29, 1.82) is 0 Å². The zero-order valence-corrected chi connectivity index (χ0v) is 34.8. The monoisotopic (exact) mass is 771 g/mol. The molecule has 8 nitrogen and oxygen atoms in total. The molecule has 0 bridgehead atoms. The molecule has 0 amide bonds. The summed E-state index contributed by atoms with van der Waals surface area (Å²) in [5, 5.41) is 8.84. The summed E-state index contributed by atoms with van der Waals surface area (Å²) >= 11 is 0. The van der Waals surface area contributed by atoms with E-state index in [1.165, 1.54) is 36.3 Å². The number of H-pyrrole nitrogens is 1. The Morgan fingerprint density at radius 1 is 0.625 bits per heavy atom. The molecule has 2 aromatic heterocycles. The van der Waals surface area contributed by atoms with Crippen LogP contribution in [0.1, 0.15) is 69.8 Å². The molecule has 0 atom stereocenters. The predicted octanol–water partition coefficient (Wildman–Crippen LogP) is 12.8. The summed E-state index contributed by atoms with van der Waals surface area (Å²) in [7, 11) is 0. The lowest BCUT2D eigenvalue weighted by atomic mass is 9.89. The number of rotatable bonds is 7. The topological polar surface area (TPSA) is 110 Å². The molecule has 2 aliphatic rings. The second-order valence-corrected chi connectivity index (χ2v) is 10.4. The first-order valence-corrected chi connectivity index (χ1v) is 18.2. The van der Waals surface area contributed by atoms with Gasteiger partial charge in [0.15, 0.2) is 5.65 Å². The van der Waals surface area contributed by atoms with E-state index >= 15 is 0 Å². The molecule has 2 heterocycles. The van der Waals surface area contributed by atoms with Gasteiger partial charge in [0.1, 0.15) is 11.3 Å². The first-order valence-electron chi connectivity index (χ1n) is 18.2. The Morgan fingerprint density at radius 2 is 1.00 bits per heavy atom. The van der Waals surface area contributed by atoms with E-state index in [1.807, 2.05) is 12.1 Å². The number of aromatic amines is 1. The Kier molecular flexibility index (Phi) is 50.0. The molecule has 0 aliphatic heterocycles. The number of nitrogens with zero attached hydrogens (tertiary/aromatic N) is 3. The van der Waals surface area contributed by atoms with Gasteiger partial charge in [0.2, 0.25) is 0 Å². The maximum Gasteiger partial charge on any atom is 0.332 e. The van der Waals surface area contributed by atoms with Crippen molar-refractivity contribution in [2.24, 2.45) is 11.8 Å². The number of fused-ring (bicyclic) bond motifs is 1. The van der Waals surface area contributed by atoms with Crippen molar-refractivity contribution in [2.45, 2.75) is 77.3 Å². The van der Waals surface area contributed by atoms with Crippen LogP contribution in [0.5, 0.6) is 0 Å². The van der Waals surface area contributed by atoms with Gasteiger partial charge >= 0.3 is 11.7 Å². The van der Waals surface area contributed by atoms with Gasteiger partial charge < -0.3 is 10.1 Å². The Balaban J connectivity index is -0.000000273. The van der Waals surface area contributed by atoms with Gasteiger partial charge in [0.25, 0.3) is 5.56 Å². The average Bonchev–Trinajstić information content (AvgIpc) is 3.77. The molecule has 2 N–H and O–H groups in total. The normalized spacial score (nSPS) is 12.1. The first-order chi connectivity index (χ1) is 27.5. The van der Waals surface area contributed by atoms with E-state index in [1.54, 1.807) is 16.7 Å². The Morgan fingerprint density at radius 3 is 1.38 bits per heavy atom. The van der Waals surface area contributed by atoms with Crippen LogP contribution in [0.4, 0.5) is 0 Å². The van der Waals surface area contributed by atoms with Crippen molar-refractivity contribution in [1.82, 2.24) is 19.1 Å². The zero-order chi connectivity index (χ0) is 45.1. The van der Waals surface area contributed by atoms with E-state index in [9.17, 15) is 14.4 Å². The molecule has 310 valence electrons. The van der Waals surface area contributed by atoms with Crippen molar-refractivity contribution < 1.29 is 9.90 Å². The first kappa shape index (κ1) is 62.0. The third-order valence-corrected chi connectivity index (χ3v) is 7.79. The number of imidazole rings is 1. The van der Waals surface area contributed by atoms with E-state index in [2.05, 4.69) is 137 Å². The largest absolute Gasteiger partial charge is 0.478 e. The number of aliphatic carboxylic acids is 1. The van der Waals surface area contributed by atoms with E-state index in [4.69, 9.17) is 10.1 Å². The minimum absolute atomic E-state index is 0.240. The fourth-order valence-corrected chi connectivity index (χ4v) is 5.80. The lowest BCUT2D eigenvalue weighted by Gasteiger charge is -2.24. The van der Waals surface area contributed by atoms with Crippen molar-refractivity contribution in [2.75, 3.05) is 0 Å². The van der Waals surface area contributed by atoms with Gasteiger partial charge in [0.05, 0.1) is 0 Å². The number of hydrogen-bond donors (Lipinski definition) is 2. The molecule has 2 fully saturated rings. The Hall–Kier alpha value is -6.02. The molecule has 3 aromatic rings. The molecule has 56 heavy (non-hydrogen) atoms. The van der Waals surface area contributed by atoms with Gasteiger partial charge in [-0.3, -0.25) is 13.9 Å². The highest BCUT2D eigenvalue weighted by Gasteiger charge is 2.24. The number of hydrogen-bond acceptors (Lipinski definition) is 4. The minimum Gasteiger partial charge on any atom is -0.478 e. The number of aromatic nitrogens is 4. The van der Waals surface area contributed by atoms with Crippen LogP contribution in [0, 0.1) is 11.8 Å². The van der Waals surface area contributed by atoms with Crippen molar-refractivity contribution in [3.8, 4) is 11.4 Å². The quantitative estimate of drug-likeness (QED) is 0.184. The van der Waals surface area contributed by atoms with E-state index < -0.39 is 5.97 Å². The van der Waals surface area contributed by atoms with Gasteiger partial charge in [-0.05, 0) is 49.2 Å². The molecule has 0 spiro atoms. The lowest BCUT2D eigenvalue weighted by Crippen LogP contribution is -2.42. The van der Waals surface area contributed by atoms with Crippen LogP contribution in [0.15, 0.2) is 172 Å². The maximum absolute atomic E-state index is 13.7. The highest BCUT2D eigenvalue weighted by molar-refractivity contribution is 5.85. The Bertz CT molecular complexity index is 1500. The number of nitrogens with one attached hydrogen (secondary N) is 1. The summed E-state index contributed by atoms with van der Waals surface area (Å²) in [4.78, 5) is 46.0. The van der Waals surface area contributed by atoms with Crippen LogP contribution in [0.2, 0.25) is 0 Å². The van der Waals surface area contributed by atoms with Gasteiger partial charge in [0, 0.05) is 24.7 Å². The molecule has 0 radical (unpaired) electrons. The summed E-state index contributed by atoms with van der Waals surface area (Å²) in [6.45, 7) is 61.1. The summed E-state index contributed by atoms with van der Waals surface area (Å²) in [6, 6.07) is 7.28. The van der Waals surface area contributed by atoms with Crippen LogP contribution in [0.3, 0.4) is 0 Å². The van der Waals surface area contributed by atoms with Gasteiger partial charge in [-0.15, -0.1) is 132 Å². The molecule has 1 aromatic carbocycles. The number of carbonyl (C=O) groups is 1. The summed E-state index contributed by atoms with van der Waals surface area (Å²) < 4.78 is 3.18. The third kappa shape index (κ3) is 22.3. The predicted molar refractivity (Wildman–Crippen MR) is 252 cm³/mol. The highest BCUT2D eigenvalue weighted by Crippen LogP contribution is 2.27. The second kappa shape index (κ2) is 45.1. The molecule has 0 unspecified atom stereocenters. The van der Waals surface area contributed by atoms with E-state index in [0.29, 0.717) is 41.9 Å². The lowest BCUT2D eigenvalue weighted by molar-refractivity contribution is -0.131. The van der Waals surface area contributed by atoms with Crippen molar-refractivity contribution >= 4 is 23.2 Å². The third-order valence-electron chi connectivity index (χ3n) is 7.79. The van der Waals surface area contributed by atoms with E-state index in [0.717, 1.165) is 55.7 Å². The highest BCUT2D eigenvalue weighted by atomic mass is 16.4. The van der Waals surface area contributed by atoms with Crippen LogP contribution < -0.4 is 11.2 Å². The van der Waals surface area contributed by atoms with Crippen LogP contribution in [0.25, 0.3) is 28.6 Å². The van der Waals surface area contributed by atoms with E-state index in [-0.39, 0.29) is 11.2 Å². The van der Waals surface area contributed by atoms with Crippen molar-refractivity contribution in [3.05, 3.63) is 188 Å². The zero-order valence-electron chi connectivity index (χ0n) is 34.8. The van der Waals surface area contributed by atoms with Gasteiger partial charge in [-0.1, -0.05) is 62.8 Å². The molecule has 5 rings (SSSR count). The minimum atomic E-state index is -1.00. The Labute approximate surface area is 340 Å². The average molecular weight is 771 g/mol. The smallest absolute Gasteiger partial charge is 0.332 e. The molecule has 8 heteroatoms. The van der Waals surface area contributed by atoms with Crippen LogP contribution >= 0.6 is 0 Å². The molecular weight excluding hydrogens is 697 g/mol. The van der Waals surface area contributed by atoms with Crippen LogP contribution in [-0.4, -0.2) is 30.2 Å². The number of carboxylic acid groups (broad SMARTS) is 1. The second-order valence-electron chi connectivity index (χ2n) is 10.4. The molecule has 2 saturated carbocycles. The SMILES string of the molecule is C=C.C=C.C=C.C=C.C=C.C=C.C=C.C=C.C=C.C=C.O=C(O)C=Cc1ccc(-c2nc3c([nH]2)c(=O)n(CC2CCCCC2)c(=O)n3CC2CCCCC2)cc1.